The maximum absolute atomic E-state index is 5.81. The van der Waals surface area contributed by atoms with Gasteiger partial charge in [0.2, 0.25) is 0 Å². The van der Waals surface area contributed by atoms with Gasteiger partial charge >= 0.3 is 0 Å². The molecule has 1 aliphatic heterocycles. The summed E-state index contributed by atoms with van der Waals surface area (Å²) in [4.78, 5) is 0. The first-order valence-electron chi connectivity index (χ1n) is 4.45. The van der Waals surface area contributed by atoms with Gasteiger partial charge in [0.15, 0.2) is 0 Å². The summed E-state index contributed by atoms with van der Waals surface area (Å²) in [5.74, 6) is 0. The van der Waals surface area contributed by atoms with Crippen LogP contribution in [0.2, 0.25) is 6.55 Å². The second-order valence-corrected chi connectivity index (χ2v) is 6.91. The molecule has 0 saturated carbocycles. The van der Waals surface area contributed by atoms with Crippen LogP contribution in [0.25, 0.3) is 0 Å². The van der Waals surface area contributed by atoms with Gasteiger partial charge in [0.1, 0.15) is 0 Å². The standard InChI is InChI=1S/C9H18OSi/c1-4-11(3)9(2)7-5-6-8-10-9/h4,11H,1,5-8H2,2-3H3. The van der Waals surface area contributed by atoms with Crippen molar-refractivity contribution in [3.8, 4) is 0 Å². The molecule has 0 bridgehead atoms. The monoisotopic (exact) mass is 170 g/mol. The third-order valence-corrected chi connectivity index (χ3v) is 5.90. The average molecular weight is 170 g/mol. The highest BCUT2D eigenvalue weighted by atomic mass is 28.3. The fourth-order valence-corrected chi connectivity index (χ4v) is 3.10. The Morgan fingerprint density at radius 3 is 2.73 bits per heavy atom. The maximum atomic E-state index is 5.81. The zero-order chi connectivity index (χ0) is 8.32. The molecule has 0 spiro atoms. The van der Waals surface area contributed by atoms with Crippen LogP contribution in [0.3, 0.4) is 0 Å². The van der Waals surface area contributed by atoms with E-state index in [9.17, 15) is 0 Å². The van der Waals surface area contributed by atoms with Gasteiger partial charge in [-0.1, -0.05) is 6.55 Å². The Morgan fingerprint density at radius 2 is 2.27 bits per heavy atom. The van der Waals surface area contributed by atoms with Crippen molar-refractivity contribution in [2.45, 2.75) is 38.0 Å². The minimum absolute atomic E-state index is 0.208. The molecule has 1 aliphatic rings. The summed E-state index contributed by atoms with van der Waals surface area (Å²) in [7, 11) is -0.836. The first kappa shape index (κ1) is 9.01. The minimum atomic E-state index is -0.836. The number of hydrogen-bond acceptors (Lipinski definition) is 1. The SMILES string of the molecule is C=C[SiH](C)C1(C)CCCCO1. The van der Waals surface area contributed by atoms with Crippen molar-refractivity contribution in [2.75, 3.05) is 6.61 Å². The maximum Gasteiger partial charge on any atom is 0.0948 e. The second kappa shape index (κ2) is 3.54. The molecular weight excluding hydrogens is 152 g/mol. The number of hydrogen-bond donors (Lipinski definition) is 0. The molecule has 0 aromatic heterocycles. The predicted molar refractivity (Wildman–Crippen MR) is 51.4 cm³/mol. The van der Waals surface area contributed by atoms with Crippen molar-refractivity contribution in [1.29, 1.82) is 0 Å². The lowest BCUT2D eigenvalue weighted by Gasteiger charge is -2.37. The molecule has 1 fully saturated rings. The summed E-state index contributed by atoms with van der Waals surface area (Å²) >= 11 is 0. The number of ether oxygens (including phenoxy) is 1. The van der Waals surface area contributed by atoms with Gasteiger partial charge in [-0.3, -0.25) is 0 Å². The van der Waals surface area contributed by atoms with E-state index in [1.165, 1.54) is 19.3 Å². The van der Waals surface area contributed by atoms with E-state index in [2.05, 4.69) is 25.7 Å². The summed E-state index contributed by atoms with van der Waals surface area (Å²) in [6, 6.07) is 0. The van der Waals surface area contributed by atoms with Gasteiger partial charge in [-0.25, -0.2) is 0 Å². The fraction of sp³-hybridized carbons (Fsp3) is 0.778. The van der Waals surface area contributed by atoms with Crippen LogP contribution in [0.15, 0.2) is 12.3 Å². The summed E-state index contributed by atoms with van der Waals surface area (Å²) in [6.45, 7) is 9.40. The zero-order valence-electron chi connectivity index (χ0n) is 7.60. The van der Waals surface area contributed by atoms with E-state index < -0.39 is 8.80 Å². The molecule has 2 atom stereocenters. The second-order valence-electron chi connectivity index (χ2n) is 3.64. The largest absolute Gasteiger partial charge is 0.379 e. The lowest BCUT2D eigenvalue weighted by molar-refractivity contribution is -0.00894. The van der Waals surface area contributed by atoms with Crippen LogP contribution in [-0.4, -0.2) is 20.6 Å². The molecule has 0 N–H and O–H groups in total. The van der Waals surface area contributed by atoms with Crippen molar-refractivity contribution in [3.63, 3.8) is 0 Å². The van der Waals surface area contributed by atoms with Crippen LogP contribution >= 0.6 is 0 Å². The predicted octanol–water partition coefficient (Wildman–Crippen LogP) is 2.07. The highest BCUT2D eigenvalue weighted by molar-refractivity contribution is 6.65. The van der Waals surface area contributed by atoms with Gasteiger partial charge < -0.3 is 4.74 Å². The van der Waals surface area contributed by atoms with Gasteiger partial charge in [0, 0.05) is 6.61 Å². The van der Waals surface area contributed by atoms with Crippen molar-refractivity contribution in [2.24, 2.45) is 0 Å². The van der Waals surface area contributed by atoms with Gasteiger partial charge in [-0.2, -0.15) is 0 Å². The first-order valence-corrected chi connectivity index (χ1v) is 6.85. The lowest BCUT2D eigenvalue weighted by atomic mass is 10.1. The molecule has 0 radical (unpaired) electrons. The van der Waals surface area contributed by atoms with Gasteiger partial charge in [-0.05, 0) is 26.2 Å². The Hall–Kier alpha value is -0.0831. The Morgan fingerprint density at radius 1 is 1.55 bits per heavy atom. The molecule has 2 unspecified atom stereocenters. The van der Waals surface area contributed by atoms with Crippen molar-refractivity contribution < 1.29 is 4.74 Å². The highest BCUT2D eigenvalue weighted by Gasteiger charge is 2.32. The molecule has 1 rings (SSSR count). The van der Waals surface area contributed by atoms with Gasteiger partial charge in [0.05, 0.1) is 14.0 Å². The number of rotatable bonds is 2. The van der Waals surface area contributed by atoms with E-state index in [1.54, 1.807) is 0 Å². The lowest BCUT2D eigenvalue weighted by Crippen LogP contribution is -2.45. The Bertz CT molecular complexity index is 138. The summed E-state index contributed by atoms with van der Waals surface area (Å²) in [5.41, 5.74) is 2.13. The first-order chi connectivity index (χ1) is 5.19. The van der Waals surface area contributed by atoms with E-state index in [0.717, 1.165) is 6.61 Å². The van der Waals surface area contributed by atoms with E-state index in [4.69, 9.17) is 4.74 Å². The molecule has 1 heterocycles. The zero-order valence-corrected chi connectivity index (χ0v) is 8.75. The third kappa shape index (κ3) is 1.94. The highest BCUT2D eigenvalue weighted by Crippen LogP contribution is 2.27. The van der Waals surface area contributed by atoms with Crippen molar-refractivity contribution >= 4 is 8.80 Å². The molecule has 11 heavy (non-hydrogen) atoms. The topological polar surface area (TPSA) is 9.23 Å². The Kier molecular flexibility index (Phi) is 2.90. The van der Waals surface area contributed by atoms with Gasteiger partial charge in [-0.15, -0.1) is 12.3 Å². The summed E-state index contributed by atoms with van der Waals surface area (Å²) in [6.07, 6.45) is 3.82. The molecule has 1 saturated heterocycles. The van der Waals surface area contributed by atoms with Crippen LogP contribution in [0, 0.1) is 0 Å². The van der Waals surface area contributed by atoms with E-state index in [0.29, 0.717) is 0 Å². The minimum Gasteiger partial charge on any atom is -0.379 e. The molecule has 0 aromatic carbocycles. The third-order valence-electron chi connectivity index (χ3n) is 2.82. The van der Waals surface area contributed by atoms with Crippen LogP contribution in [0.4, 0.5) is 0 Å². The van der Waals surface area contributed by atoms with Crippen molar-refractivity contribution in [1.82, 2.24) is 0 Å². The fourth-order valence-electron chi connectivity index (χ4n) is 1.56. The summed E-state index contributed by atoms with van der Waals surface area (Å²) < 4.78 is 5.81. The quantitative estimate of drug-likeness (QED) is 0.576. The van der Waals surface area contributed by atoms with Crippen LogP contribution in [0.5, 0.6) is 0 Å². The molecule has 64 valence electrons. The van der Waals surface area contributed by atoms with Gasteiger partial charge in [0.25, 0.3) is 0 Å². The smallest absolute Gasteiger partial charge is 0.0948 e. The van der Waals surface area contributed by atoms with Crippen LogP contribution < -0.4 is 0 Å². The average Bonchev–Trinajstić information content (AvgIpc) is 2.04. The van der Waals surface area contributed by atoms with Crippen molar-refractivity contribution in [3.05, 3.63) is 12.3 Å². The molecule has 0 amide bonds. The Balaban J connectivity index is 2.55. The molecule has 2 heteroatoms. The van der Waals surface area contributed by atoms with E-state index >= 15 is 0 Å². The van der Waals surface area contributed by atoms with Crippen LogP contribution in [-0.2, 0) is 4.74 Å². The molecule has 0 aliphatic carbocycles. The van der Waals surface area contributed by atoms with E-state index in [-0.39, 0.29) is 5.22 Å². The Labute approximate surface area is 71.1 Å². The summed E-state index contributed by atoms with van der Waals surface area (Å²) in [5, 5.41) is 0.208. The molecular formula is C9H18OSi. The molecule has 1 nitrogen and oxygen atoms in total. The van der Waals surface area contributed by atoms with E-state index in [1.807, 2.05) is 0 Å². The van der Waals surface area contributed by atoms with Crippen LogP contribution in [0.1, 0.15) is 26.2 Å². The normalized spacial score (nSPS) is 34.7. The molecule has 0 aromatic rings.